The molecular formula is C31H38Cl2OZr. The summed E-state index contributed by atoms with van der Waals surface area (Å²) in [5.74, 6) is 0. The fourth-order valence-electron chi connectivity index (χ4n) is 5.03. The van der Waals surface area contributed by atoms with E-state index in [1.807, 2.05) is 0 Å². The number of rotatable bonds is 9. The van der Waals surface area contributed by atoms with Crippen molar-refractivity contribution in [1.29, 1.82) is 0 Å². The number of aryl methyl sites for hydroxylation is 1. The van der Waals surface area contributed by atoms with E-state index in [0.717, 1.165) is 13.0 Å². The maximum atomic E-state index is 5.83. The third-order valence-corrected chi connectivity index (χ3v) is 6.74. The van der Waals surface area contributed by atoms with Gasteiger partial charge in [-0.1, -0.05) is 81.3 Å². The summed E-state index contributed by atoms with van der Waals surface area (Å²) in [6.45, 7) is 12.0. The molecule has 0 N–H and O–H groups in total. The van der Waals surface area contributed by atoms with Gasteiger partial charge in [-0.15, -0.1) is 39.2 Å². The maximum absolute atomic E-state index is 5.83. The molecule has 0 aliphatic rings. The molecule has 0 radical (unpaired) electrons. The number of benzene rings is 2. The van der Waals surface area contributed by atoms with Gasteiger partial charge in [0.05, 0.1) is 5.60 Å². The molecule has 186 valence electrons. The van der Waals surface area contributed by atoms with Crippen molar-refractivity contribution in [3.05, 3.63) is 83.4 Å². The van der Waals surface area contributed by atoms with Crippen LogP contribution >= 0.6 is 17.0 Å². The molecule has 0 saturated carbocycles. The molecule has 0 heterocycles. The van der Waals surface area contributed by atoms with Crippen LogP contribution in [0.5, 0.6) is 0 Å². The summed E-state index contributed by atoms with van der Waals surface area (Å²) in [5, 5.41) is 5.51. The first-order valence-electron chi connectivity index (χ1n) is 12.6. The molecule has 0 atom stereocenters. The second-order valence-corrected chi connectivity index (χ2v) is 14.5. The van der Waals surface area contributed by atoms with Crippen molar-refractivity contribution >= 4 is 38.6 Å². The van der Waals surface area contributed by atoms with Crippen molar-refractivity contribution < 1.29 is 25.6 Å². The van der Waals surface area contributed by atoms with Gasteiger partial charge in [-0.3, -0.25) is 0 Å². The van der Waals surface area contributed by atoms with E-state index in [1.165, 1.54) is 63.9 Å². The fraction of sp³-hybridized carbons (Fsp3) is 0.419. The van der Waals surface area contributed by atoms with Crippen molar-refractivity contribution in [2.24, 2.45) is 0 Å². The zero-order valence-electron chi connectivity index (χ0n) is 21.8. The van der Waals surface area contributed by atoms with Crippen LogP contribution in [0.2, 0.25) is 0 Å². The summed E-state index contributed by atoms with van der Waals surface area (Å²) >= 11 is -0.826. The fourth-order valence-corrected chi connectivity index (χ4v) is 5.03. The molecule has 0 aliphatic carbocycles. The number of halogens is 2. The molecule has 0 spiro atoms. The van der Waals surface area contributed by atoms with Gasteiger partial charge in [-0.25, -0.2) is 6.07 Å². The SMILES string of the molecule is CC(C)(C)OCCCCCCc1cc[c-](C(C)(C)[c-]2c3ccccc3c3ccccc32)c1.[Cl][Zr+2][Cl]. The minimum atomic E-state index is -0.826. The topological polar surface area (TPSA) is 9.23 Å². The van der Waals surface area contributed by atoms with Crippen molar-refractivity contribution in [3.63, 3.8) is 0 Å². The second-order valence-electron chi connectivity index (χ2n) is 10.8. The van der Waals surface area contributed by atoms with Crippen molar-refractivity contribution in [2.75, 3.05) is 6.61 Å². The number of hydrogen-bond acceptors (Lipinski definition) is 1. The van der Waals surface area contributed by atoms with Gasteiger partial charge in [0.25, 0.3) is 0 Å². The Morgan fingerprint density at radius 2 is 1.31 bits per heavy atom. The standard InChI is InChI=1S/C31H38O.2ClH.Zr/c1-30(2,3)32-21-13-7-6-8-14-23-19-20-24(22-23)31(4,5)29-27-17-11-9-15-25(27)26-16-10-12-18-28(26)29;;;/h9-12,15-20,22H,6-8,13-14,21H2,1-5H3;2*1H;/q-2;;;+4/p-2. The number of ether oxygens (including phenoxy) is 1. The predicted molar refractivity (Wildman–Crippen MR) is 151 cm³/mol. The molecule has 35 heavy (non-hydrogen) atoms. The molecule has 4 aromatic rings. The van der Waals surface area contributed by atoms with E-state index in [2.05, 4.69) is 101 Å². The van der Waals surface area contributed by atoms with Gasteiger partial charge in [0, 0.05) is 6.61 Å². The van der Waals surface area contributed by atoms with Crippen molar-refractivity contribution in [2.45, 2.75) is 77.7 Å². The van der Waals surface area contributed by atoms with E-state index in [9.17, 15) is 0 Å². The summed E-state index contributed by atoms with van der Waals surface area (Å²) in [6.07, 6.45) is 6.10. The monoisotopic (exact) mass is 586 g/mol. The van der Waals surface area contributed by atoms with Gasteiger partial charge in [0.1, 0.15) is 0 Å². The number of unbranched alkanes of at least 4 members (excludes halogenated alkanes) is 3. The molecule has 0 bridgehead atoms. The normalized spacial score (nSPS) is 12.0. The molecule has 0 fully saturated rings. The van der Waals surface area contributed by atoms with Crippen LogP contribution in [0.3, 0.4) is 0 Å². The van der Waals surface area contributed by atoms with Gasteiger partial charge < -0.3 is 4.74 Å². The second kappa shape index (κ2) is 13.0. The first-order valence-corrected chi connectivity index (χ1v) is 18.9. The molecule has 4 aromatic carbocycles. The van der Waals surface area contributed by atoms with Gasteiger partial charge in [-0.05, 0) is 27.2 Å². The molecule has 0 saturated heterocycles. The summed E-state index contributed by atoms with van der Waals surface area (Å²) in [6, 6.07) is 24.9. The number of fused-ring (bicyclic) bond motifs is 3. The zero-order chi connectivity index (χ0) is 25.5. The van der Waals surface area contributed by atoms with Crippen LogP contribution < -0.4 is 0 Å². The minimum absolute atomic E-state index is 0.0170. The van der Waals surface area contributed by atoms with Gasteiger partial charge in [0.15, 0.2) is 0 Å². The van der Waals surface area contributed by atoms with Crippen LogP contribution in [0.15, 0.2) is 66.7 Å². The third-order valence-electron chi connectivity index (χ3n) is 6.74. The van der Waals surface area contributed by atoms with E-state index < -0.39 is 20.8 Å². The molecule has 4 rings (SSSR count). The van der Waals surface area contributed by atoms with Crippen LogP contribution in [-0.4, -0.2) is 12.2 Å². The Hall–Kier alpha value is -0.917. The third kappa shape index (κ3) is 7.55. The van der Waals surface area contributed by atoms with E-state index in [4.69, 9.17) is 21.8 Å². The Morgan fingerprint density at radius 1 is 0.771 bits per heavy atom. The molecule has 0 aliphatic heterocycles. The molecule has 1 nitrogen and oxygen atoms in total. The number of hydrogen-bond donors (Lipinski definition) is 0. The van der Waals surface area contributed by atoms with E-state index in [-0.39, 0.29) is 11.0 Å². The summed E-state index contributed by atoms with van der Waals surface area (Å²) in [7, 11) is 9.87. The first kappa shape index (κ1) is 28.7. The van der Waals surface area contributed by atoms with Crippen LogP contribution in [0.4, 0.5) is 0 Å². The molecule has 0 unspecified atom stereocenters. The van der Waals surface area contributed by atoms with Gasteiger partial charge in [0.2, 0.25) is 0 Å². The Balaban J connectivity index is 0.00000108. The van der Waals surface area contributed by atoms with Gasteiger partial charge in [-0.2, -0.15) is 23.3 Å². The van der Waals surface area contributed by atoms with E-state index in [1.54, 1.807) is 0 Å². The predicted octanol–water partition coefficient (Wildman–Crippen LogP) is 10.1. The van der Waals surface area contributed by atoms with Crippen LogP contribution in [0.25, 0.3) is 21.5 Å². The summed E-state index contributed by atoms with van der Waals surface area (Å²) < 4.78 is 5.83. The van der Waals surface area contributed by atoms with Crippen molar-refractivity contribution in [3.8, 4) is 0 Å². The first-order chi connectivity index (χ1) is 16.7. The van der Waals surface area contributed by atoms with Crippen molar-refractivity contribution in [1.82, 2.24) is 0 Å². The summed E-state index contributed by atoms with van der Waals surface area (Å²) in [5.41, 5.74) is 4.30. The van der Waals surface area contributed by atoms with Crippen LogP contribution in [-0.2, 0) is 37.4 Å². The molecular weight excluding hydrogens is 550 g/mol. The zero-order valence-corrected chi connectivity index (χ0v) is 25.7. The molecule has 0 aromatic heterocycles. The summed E-state index contributed by atoms with van der Waals surface area (Å²) in [4.78, 5) is 0. The Morgan fingerprint density at radius 3 is 1.89 bits per heavy atom. The van der Waals surface area contributed by atoms with Crippen LogP contribution in [0, 0.1) is 0 Å². The van der Waals surface area contributed by atoms with Gasteiger partial charge >= 0.3 is 37.9 Å². The van der Waals surface area contributed by atoms with E-state index in [0.29, 0.717) is 0 Å². The molecule has 0 amide bonds. The Kier molecular flexibility index (Phi) is 10.7. The average molecular weight is 589 g/mol. The van der Waals surface area contributed by atoms with Crippen LogP contribution in [0.1, 0.15) is 77.0 Å². The van der Waals surface area contributed by atoms with E-state index >= 15 is 0 Å². The quantitative estimate of drug-likeness (QED) is 0.140. The molecule has 4 heteroatoms. The Bertz CT molecular complexity index is 1140. The Labute approximate surface area is 230 Å². The average Bonchev–Trinajstić information content (AvgIpc) is 3.42.